The summed E-state index contributed by atoms with van der Waals surface area (Å²) in [6, 6.07) is 15.2. The van der Waals surface area contributed by atoms with Gasteiger partial charge in [0.05, 0.1) is 18.4 Å². The summed E-state index contributed by atoms with van der Waals surface area (Å²) in [5.74, 6) is 0.276. The molecule has 1 aromatic carbocycles. The van der Waals surface area contributed by atoms with E-state index in [4.69, 9.17) is 0 Å². The highest BCUT2D eigenvalue weighted by molar-refractivity contribution is 5.38. The molecule has 1 saturated heterocycles. The number of halogens is 1. The van der Waals surface area contributed by atoms with Gasteiger partial charge in [-0.2, -0.15) is 4.39 Å². The van der Waals surface area contributed by atoms with Crippen LogP contribution in [-0.4, -0.2) is 51.1 Å². The van der Waals surface area contributed by atoms with E-state index >= 15 is 0 Å². The quantitative estimate of drug-likeness (QED) is 0.659. The normalized spacial score (nSPS) is 15.3. The summed E-state index contributed by atoms with van der Waals surface area (Å²) < 4.78 is 15.2. The molecule has 26 heavy (non-hydrogen) atoms. The average Bonchev–Trinajstić information content (AvgIpc) is 3.10. The van der Waals surface area contributed by atoms with Crippen LogP contribution >= 0.6 is 0 Å². The smallest absolute Gasteiger partial charge is 0.214 e. The molecule has 1 fully saturated rings. The predicted molar refractivity (Wildman–Crippen MR) is 97.3 cm³/mol. The van der Waals surface area contributed by atoms with Crippen molar-refractivity contribution in [2.75, 3.05) is 31.1 Å². The molecule has 7 heteroatoms. The van der Waals surface area contributed by atoms with E-state index in [-0.39, 0.29) is 0 Å². The molecule has 1 aliphatic rings. The van der Waals surface area contributed by atoms with Gasteiger partial charge >= 0.3 is 0 Å². The maximum atomic E-state index is 13.3. The van der Waals surface area contributed by atoms with E-state index in [1.54, 1.807) is 6.07 Å². The Balaban J connectivity index is 1.31. The molecule has 4 rings (SSSR count). The zero-order valence-electron chi connectivity index (χ0n) is 14.5. The van der Waals surface area contributed by atoms with E-state index < -0.39 is 5.95 Å². The minimum Gasteiger partial charge on any atom is -0.354 e. The standard InChI is InChI=1S/C19H21FN6/c20-18-7-4-8-19(21-18)25-11-9-24(10-12-25)14-17-15-26(23-22-17)13-16-5-2-1-3-6-16/h1-8,15H,9-14H2. The Morgan fingerprint density at radius 3 is 2.46 bits per heavy atom. The first kappa shape index (κ1) is 16.7. The first-order valence-electron chi connectivity index (χ1n) is 8.79. The summed E-state index contributed by atoms with van der Waals surface area (Å²) in [4.78, 5) is 8.42. The zero-order chi connectivity index (χ0) is 17.8. The summed E-state index contributed by atoms with van der Waals surface area (Å²) in [5.41, 5.74) is 2.18. The topological polar surface area (TPSA) is 50.1 Å². The van der Waals surface area contributed by atoms with Crippen molar-refractivity contribution in [2.45, 2.75) is 13.1 Å². The molecule has 0 spiro atoms. The molecule has 0 bridgehead atoms. The van der Waals surface area contributed by atoms with Crippen molar-refractivity contribution in [1.29, 1.82) is 0 Å². The lowest BCUT2D eigenvalue weighted by Gasteiger charge is -2.34. The number of benzene rings is 1. The third-order valence-electron chi connectivity index (χ3n) is 4.56. The molecule has 0 radical (unpaired) electrons. The number of piperazine rings is 1. The molecule has 2 aromatic heterocycles. The molecular weight excluding hydrogens is 331 g/mol. The second kappa shape index (κ2) is 7.61. The molecule has 0 amide bonds. The van der Waals surface area contributed by atoms with Gasteiger partial charge in [-0.1, -0.05) is 41.6 Å². The van der Waals surface area contributed by atoms with Crippen LogP contribution in [0, 0.1) is 5.95 Å². The highest BCUT2D eigenvalue weighted by atomic mass is 19.1. The minimum absolute atomic E-state index is 0.431. The number of hydrogen-bond donors (Lipinski definition) is 0. The Hall–Kier alpha value is -2.80. The van der Waals surface area contributed by atoms with Gasteiger partial charge in [0.15, 0.2) is 0 Å². The molecule has 0 saturated carbocycles. The van der Waals surface area contributed by atoms with Crippen molar-refractivity contribution >= 4 is 5.82 Å². The molecular formula is C19H21FN6. The lowest BCUT2D eigenvalue weighted by Crippen LogP contribution is -2.46. The van der Waals surface area contributed by atoms with E-state index in [1.807, 2.05) is 35.1 Å². The fourth-order valence-corrected chi connectivity index (χ4v) is 3.20. The molecule has 3 heterocycles. The first-order chi connectivity index (χ1) is 12.8. The first-order valence-corrected chi connectivity index (χ1v) is 8.79. The summed E-state index contributed by atoms with van der Waals surface area (Å²) in [6.07, 6.45) is 2.01. The fourth-order valence-electron chi connectivity index (χ4n) is 3.20. The number of rotatable bonds is 5. The summed E-state index contributed by atoms with van der Waals surface area (Å²) in [6.45, 7) is 4.95. The molecule has 1 aliphatic heterocycles. The van der Waals surface area contributed by atoms with E-state index in [0.29, 0.717) is 5.82 Å². The Morgan fingerprint density at radius 2 is 1.69 bits per heavy atom. The van der Waals surface area contributed by atoms with Gasteiger partial charge in [0.1, 0.15) is 5.82 Å². The van der Waals surface area contributed by atoms with Gasteiger partial charge in [0, 0.05) is 32.7 Å². The van der Waals surface area contributed by atoms with Crippen LogP contribution in [0.3, 0.4) is 0 Å². The second-order valence-electron chi connectivity index (χ2n) is 6.47. The predicted octanol–water partition coefficient (Wildman–Crippen LogP) is 2.18. The third kappa shape index (κ3) is 4.05. The lowest BCUT2D eigenvalue weighted by atomic mass is 10.2. The minimum atomic E-state index is -0.431. The number of pyridine rings is 1. The number of nitrogens with zero attached hydrogens (tertiary/aromatic N) is 6. The number of aromatic nitrogens is 4. The second-order valence-corrected chi connectivity index (χ2v) is 6.47. The lowest BCUT2D eigenvalue weighted by molar-refractivity contribution is 0.246. The van der Waals surface area contributed by atoms with Crippen LogP contribution in [0.25, 0.3) is 0 Å². The van der Waals surface area contributed by atoms with E-state index in [9.17, 15) is 4.39 Å². The van der Waals surface area contributed by atoms with Crippen molar-refractivity contribution in [2.24, 2.45) is 0 Å². The Morgan fingerprint density at radius 1 is 0.885 bits per heavy atom. The Kier molecular flexibility index (Phi) is 4.88. The summed E-state index contributed by atoms with van der Waals surface area (Å²) >= 11 is 0. The molecule has 0 atom stereocenters. The Labute approximate surface area is 151 Å². The SMILES string of the molecule is Fc1cccc(N2CCN(Cc3cn(Cc4ccccc4)nn3)CC2)n1. The Bertz CT molecular complexity index is 842. The van der Waals surface area contributed by atoms with Crippen LogP contribution in [0.15, 0.2) is 54.7 Å². The van der Waals surface area contributed by atoms with Crippen molar-refractivity contribution in [3.05, 3.63) is 71.9 Å². The van der Waals surface area contributed by atoms with Gasteiger partial charge in [-0.05, 0) is 17.7 Å². The van der Waals surface area contributed by atoms with Gasteiger partial charge in [-0.15, -0.1) is 5.10 Å². The van der Waals surface area contributed by atoms with Crippen molar-refractivity contribution in [3.63, 3.8) is 0 Å². The molecule has 134 valence electrons. The van der Waals surface area contributed by atoms with Gasteiger partial charge < -0.3 is 4.90 Å². The monoisotopic (exact) mass is 352 g/mol. The largest absolute Gasteiger partial charge is 0.354 e. The summed E-state index contributed by atoms with van der Waals surface area (Å²) in [5, 5.41) is 8.52. The number of hydrogen-bond acceptors (Lipinski definition) is 5. The van der Waals surface area contributed by atoms with E-state index in [2.05, 4.69) is 37.2 Å². The van der Waals surface area contributed by atoms with Crippen molar-refractivity contribution in [3.8, 4) is 0 Å². The van der Waals surface area contributed by atoms with Gasteiger partial charge in [0.2, 0.25) is 5.95 Å². The van der Waals surface area contributed by atoms with E-state index in [0.717, 1.165) is 45.0 Å². The average molecular weight is 352 g/mol. The van der Waals surface area contributed by atoms with Crippen molar-refractivity contribution in [1.82, 2.24) is 24.9 Å². The molecule has 3 aromatic rings. The molecule has 0 aliphatic carbocycles. The van der Waals surface area contributed by atoms with Crippen LogP contribution in [0.2, 0.25) is 0 Å². The van der Waals surface area contributed by atoms with Crippen molar-refractivity contribution < 1.29 is 4.39 Å². The van der Waals surface area contributed by atoms with Gasteiger partial charge in [0.25, 0.3) is 0 Å². The van der Waals surface area contributed by atoms with Crippen LogP contribution < -0.4 is 4.90 Å². The zero-order valence-corrected chi connectivity index (χ0v) is 14.5. The molecule has 6 nitrogen and oxygen atoms in total. The van der Waals surface area contributed by atoms with Gasteiger partial charge in [-0.3, -0.25) is 4.90 Å². The molecule has 0 N–H and O–H groups in total. The number of anilines is 1. The highest BCUT2D eigenvalue weighted by Gasteiger charge is 2.19. The maximum Gasteiger partial charge on any atom is 0.214 e. The van der Waals surface area contributed by atoms with Crippen LogP contribution in [-0.2, 0) is 13.1 Å². The summed E-state index contributed by atoms with van der Waals surface area (Å²) in [7, 11) is 0. The fraction of sp³-hybridized carbons (Fsp3) is 0.316. The van der Waals surface area contributed by atoms with Crippen LogP contribution in [0.4, 0.5) is 10.2 Å². The van der Waals surface area contributed by atoms with Gasteiger partial charge in [-0.25, -0.2) is 9.67 Å². The van der Waals surface area contributed by atoms with Crippen LogP contribution in [0.5, 0.6) is 0 Å². The van der Waals surface area contributed by atoms with E-state index in [1.165, 1.54) is 11.6 Å². The molecule has 0 unspecified atom stereocenters. The maximum absolute atomic E-state index is 13.3. The van der Waals surface area contributed by atoms with Crippen LogP contribution in [0.1, 0.15) is 11.3 Å². The highest BCUT2D eigenvalue weighted by Crippen LogP contribution is 2.15. The third-order valence-corrected chi connectivity index (χ3v) is 4.56.